The number of rotatable bonds is 6. The van der Waals surface area contributed by atoms with Gasteiger partial charge in [0.1, 0.15) is 11.9 Å². The van der Waals surface area contributed by atoms with Gasteiger partial charge in [-0.25, -0.2) is 9.18 Å². The number of para-hydroxylation sites is 1. The average Bonchev–Trinajstić information content (AvgIpc) is 2.97. The molecule has 5 nitrogen and oxygen atoms in total. The van der Waals surface area contributed by atoms with Crippen molar-refractivity contribution in [3.05, 3.63) is 71.7 Å². The second-order valence-corrected chi connectivity index (χ2v) is 5.83. The van der Waals surface area contributed by atoms with Crippen LogP contribution in [0.3, 0.4) is 0 Å². The molecule has 0 unspecified atom stereocenters. The molecule has 3 N–H and O–H groups in total. The molecular formula is C19H17FN2O3. The van der Waals surface area contributed by atoms with E-state index in [0.717, 1.165) is 16.5 Å². The third-order valence-corrected chi connectivity index (χ3v) is 3.99. The second-order valence-electron chi connectivity index (χ2n) is 5.83. The zero-order valence-corrected chi connectivity index (χ0v) is 13.3. The van der Waals surface area contributed by atoms with Crippen LogP contribution in [0.15, 0.2) is 54.7 Å². The molecule has 0 spiro atoms. The lowest BCUT2D eigenvalue weighted by Gasteiger charge is -2.14. The highest BCUT2D eigenvalue weighted by molar-refractivity contribution is 5.87. The molecular weight excluding hydrogens is 323 g/mol. The van der Waals surface area contributed by atoms with Gasteiger partial charge in [0.2, 0.25) is 5.91 Å². The first-order chi connectivity index (χ1) is 12.0. The lowest BCUT2D eigenvalue weighted by Crippen LogP contribution is -2.43. The lowest BCUT2D eigenvalue weighted by atomic mass is 10.0. The minimum atomic E-state index is -1.11. The van der Waals surface area contributed by atoms with Crippen LogP contribution in [-0.4, -0.2) is 28.0 Å². The molecule has 0 aliphatic heterocycles. The molecule has 0 saturated carbocycles. The van der Waals surface area contributed by atoms with Crippen LogP contribution in [0.5, 0.6) is 0 Å². The molecule has 0 saturated heterocycles. The number of carbonyl (C=O) groups is 2. The number of carbonyl (C=O) groups excluding carboxylic acids is 1. The van der Waals surface area contributed by atoms with Gasteiger partial charge in [-0.1, -0.05) is 30.3 Å². The number of amides is 1. The van der Waals surface area contributed by atoms with Gasteiger partial charge in [0.15, 0.2) is 0 Å². The number of hydrogen-bond acceptors (Lipinski definition) is 2. The fourth-order valence-corrected chi connectivity index (χ4v) is 2.80. The van der Waals surface area contributed by atoms with Crippen molar-refractivity contribution in [1.82, 2.24) is 10.3 Å². The number of aliphatic carboxylic acids is 1. The lowest BCUT2D eigenvalue weighted by molar-refractivity contribution is -0.141. The van der Waals surface area contributed by atoms with Gasteiger partial charge in [-0.3, -0.25) is 4.79 Å². The Bertz CT molecular complexity index is 920. The highest BCUT2D eigenvalue weighted by Crippen LogP contribution is 2.19. The molecule has 3 aromatic rings. The van der Waals surface area contributed by atoms with Crippen molar-refractivity contribution < 1.29 is 19.1 Å². The molecule has 0 fully saturated rings. The largest absolute Gasteiger partial charge is 0.480 e. The molecule has 2 aromatic carbocycles. The van der Waals surface area contributed by atoms with Crippen LogP contribution in [-0.2, 0) is 22.4 Å². The topological polar surface area (TPSA) is 82.2 Å². The van der Waals surface area contributed by atoms with Crippen LogP contribution in [0, 0.1) is 5.82 Å². The normalized spacial score (nSPS) is 12.0. The van der Waals surface area contributed by atoms with E-state index >= 15 is 0 Å². The van der Waals surface area contributed by atoms with Crippen molar-refractivity contribution in [2.24, 2.45) is 0 Å². The second kappa shape index (κ2) is 7.17. The van der Waals surface area contributed by atoms with Gasteiger partial charge in [0.25, 0.3) is 0 Å². The van der Waals surface area contributed by atoms with Gasteiger partial charge >= 0.3 is 5.97 Å². The number of hydrogen-bond donors (Lipinski definition) is 3. The zero-order chi connectivity index (χ0) is 17.8. The summed E-state index contributed by atoms with van der Waals surface area (Å²) in [7, 11) is 0. The summed E-state index contributed by atoms with van der Waals surface area (Å²) in [5.41, 5.74) is 2.22. The Morgan fingerprint density at radius 2 is 1.96 bits per heavy atom. The molecule has 0 aliphatic rings. The zero-order valence-electron chi connectivity index (χ0n) is 13.3. The van der Waals surface area contributed by atoms with Gasteiger partial charge in [-0.2, -0.15) is 0 Å². The maximum atomic E-state index is 13.2. The van der Waals surface area contributed by atoms with Crippen LogP contribution in [0.2, 0.25) is 0 Å². The monoisotopic (exact) mass is 340 g/mol. The highest BCUT2D eigenvalue weighted by Gasteiger charge is 2.22. The first kappa shape index (κ1) is 16.7. The van der Waals surface area contributed by atoms with Crippen LogP contribution >= 0.6 is 0 Å². The van der Waals surface area contributed by atoms with E-state index in [-0.39, 0.29) is 12.8 Å². The summed E-state index contributed by atoms with van der Waals surface area (Å²) in [6.45, 7) is 0. The molecule has 1 heterocycles. The van der Waals surface area contributed by atoms with Crippen molar-refractivity contribution in [3.8, 4) is 0 Å². The Hall–Kier alpha value is -3.15. The summed E-state index contributed by atoms with van der Waals surface area (Å²) in [6.07, 6.45) is 1.84. The first-order valence-corrected chi connectivity index (χ1v) is 7.84. The molecule has 1 amide bonds. The molecule has 0 bridgehead atoms. The number of H-pyrrole nitrogens is 1. The smallest absolute Gasteiger partial charge is 0.326 e. The van der Waals surface area contributed by atoms with Crippen molar-refractivity contribution in [2.75, 3.05) is 0 Å². The quantitative estimate of drug-likeness (QED) is 0.645. The van der Waals surface area contributed by atoms with Gasteiger partial charge in [0, 0.05) is 23.5 Å². The predicted molar refractivity (Wildman–Crippen MR) is 91.7 cm³/mol. The van der Waals surface area contributed by atoms with E-state index in [9.17, 15) is 19.1 Å². The van der Waals surface area contributed by atoms with E-state index in [1.807, 2.05) is 24.3 Å². The summed E-state index contributed by atoms with van der Waals surface area (Å²) >= 11 is 0. The molecule has 25 heavy (non-hydrogen) atoms. The maximum Gasteiger partial charge on any atom is 0.326 e. The Kier molecular flexibility index (Phi) is 4.79. The summed E-state index contributed by atoms with van der Waals surface area (Å²) in [5, 5.41) is 12.9. The standard InChI is InChI=1S/C19H17FN2O3/c20-14-5-3-4-12(8-14)9-18(23)22-17(19(24)25)10-13-11-21-16-7-2-1-6-15(13)16/h1-8,11,17,21H,9-10H2,(H,22,23)(H,24,25)/t17-/m1/s1. The van der Waals surface area contributed by atoms with Crippen molar-refractivity contribution in [2.45, 2.75) is 18.9 Å². The molecule has 0 radical (unpaired) electrons. The Morgan fingerprint density at radius 3 is 2.72 bits per heavy atom. The van der Waals surface area contributed by atoms with E-state index in [1.54, 1.807) is 12.3 Å². The average molecular weight is 340 g/mol. The fraction of sp³-hybridized carbons (Fsp3) is 0.158. The number of aromatic nitrogens is 1. The van der Waals surface area contributed by atoms with E-state index in [0.29, 0.717) is 5.56 Å². The van der Waals surface area contributed by atoms with Gasteiger partial charge < -0.3 is 15.4 Å². The minimum Gasteiger partial charge on any atom is -0.480 e. The maximum absolute atomic E-state index is 13.2. The van der Waals surface area contributed by atoms with Crippen LogP contribution in [0.1, 0.15) is 11.1 Å². The number of aromatic amines is 1. The molecule has 128 valence electrons. The highest BCUT2D eigenvalue weighted by atomic mass is 19.1. The summed E-state index contributed by atoms with van der Waals surface area (Å²) < 4.78 is 13.2. The number of benzene rings is 2. The number of carboxylic acids is 1. The van der Waals surface area contributed by atoms with E-state index in [4.69, 9.17) is 0 Å². The molecule has 1 aromatic heterocycles. The number of fused-ring (bicyclic) bond motifs is 1. The third-order valence-electron chi connectivity index (χ3n) is 3.99. The summed E-state index contributed by atoms with van der Waals surface area (Å²) in [6, 6.07) is 12.2. The van der Waals surface area contributed by atoms with Crippen LogP contribution in [0.4, 0.5) is 4.39 Å². The van der Waals surface area contributed by atoms with Gasteiger partial charge in [-0.15, -0.1) is 0 Å². The van der Waals surface area contributed by atoms with E-state index < -0.39 is 23.7 Å². The summed E-state index contributed by atoms with van der Waals surface area (Å²) in [4.78, 5) is 26.7. The molecule has 1 atom stereocenters. The van der Waals surface area contributed by atoms with Crippen LogP contribution in [0.25, 0.3) is 10.9 Å². The van der Waals surface area contributed by atoms with Gasteiger partial charge in [-0.05, 0) is 29.3 Å². The summed E-state index contributed by atoms with van der Waals surface area (Å²) in [5.74, 6) is -2.01. The number of halogens is 1. The molecule has 3 rings (SSSR count). The third kappa shape index (κ3) is 4.03. The van der Waals surface area contributed by atoms with Crippen molar-refractivity contribution >= 4 is 22.8 Å². The predicted octanol–water partition coefficient (Wildman–Crippen LogP) is 2.66. The first-order valence-electron chi connectivity index (χ1n) is 7.84. The molecule has 0 aliphatic carbocycles. The number of carboxylic acid groups (broad SMARTS) is 1. The Labute approximate surface area is 143 Å². The van der Waals surface area contributed by atoms with Crippen molar-refractivity contribution in [3.63, 3.8) is 0 Å². The SMILES string of the molecule is O=C(Cc1cccc(F)c1)N[C@H](Cc1c[nH]c2ccccc12)C(=O)O. The Balaban J connectivity index is 1.71. The molecule has 6 heteroatoms. The minimum absolute atomic E-state index is 0.0740. The van der Waals surface area contributed by atoms with E-state index in [1.165, 1.54) is 18.2 Å². The van der Waals surface area contributed by atoms with Crippen LogP contribution < -0.4 is 5.32 Å². The van der Waals surface area contributed by atoms with Gasteiger partial charge in [0.05, 0.1) is 6.42 Å². The van der Waals surface area contributed by atoms with Crippen molar-refractivity contribution in [1.29, 1.82) is 0 Å². The fourth-order valence-electron chi connectivity index (χ4n) is 2.80. The Morgan fingerprint density at radius 1 is 1.16 bits per heavy atom. The van der Waals surface area contributed by atoms with E-state index in [2.05, 4.69) is 10.3 Å². The number of nitrogens with one attached hydrogen (secondary N) is 2.